The first-order valence-corrected chi connectivity index (χ1v) is 20.4. The molecule has 0 radical (unpaired) electrons. The lowest BCUT2D eigenvalue weighted by Gasteiger charge is -2.24. The summed E-state index contributed by atoms with van der Waals surface area (Å²) in [5.74, 6) is 2.13. The van der Waals surface area contributed by atoms with E-state index in [1.807, 2.05) is 57.2 Å². The Kier molecular flexibility index (Phi) is 11.5. The van der Waals surface area contributed by atoms with Crippen molar-refractivity contribution in [2.24, 2.45) is 0 Å². The molecule has 2 atom stereocenters. The SMILES string of the molecule is COc1cc(Nc2cc(Oc3ccc(NC(=O)Nc4cc(C(C)(C)C)cc(NS(C)=O)c4OC)c4ccccc34)ccn2)ccc1P(=O)(O)c1ccccc1. The van der Waals surface area contributed by atoms with Gasteiger partial charge in [-0.2, -0.15) is 0 Å². The second kappa shape index (κ2) is 16.2. The third-order valence-corrected chi connectivity index (χ3v) is 11.2. The van der Waals surface area contributed by atoms with Gasteiger partial charge in [0.15, 0.2) is 5.75 Å². The van der Waals surface area contributed by atoms with E-state index < -0.39 is 24.4 Å². The number of benzene rings is 5. The molecule has 0 saturated heterocycles. The first-order valence-electron chi connectivity index (χ1n) is 17.2. The average Bonchev–Trinajstić information content (AvgIpc) is 3.15. The van der Waals surface area contributed by atoms with Crippen molar-refractivity contribution in [3.63, 3.8) is 0 Å². The normalized spacial score (nSPS) is 12.9. The summed E-state index contributed by atoms with van der Waals surface area (Å²) in [6.45, 7) is 6.14. The first kappa shape index (κ1) is 38.8. The van der Waals surface area contributed by atoms with E-state index in [4.69, 9.17) is 14.2 Å². The summed E-state index contributed by atoms with van der Waals surface area (Å²) in [6, 6.07) is 31.1. The lowest BCUT2D eigenvalue weighted by molar-refractivity contribution is 0.262. The van der Waals surface area contributed by atoms with Gasteiger partial charge in [-0.15, -0.1) is 0 Å². The summed E-state index contributed by atoms with van der Waals surface area (Å²) in [4.78, 5) is 28.9. The molecular formula is C41H42N5O7PS. The van der Waals surface area contributed by atoms with Crippen LogP contribution in [0.3, 0.4) is 0 Å². The highest BCUT2D eigenvalue weighted by atomic mass is 32.2. The minimum atomic E-state index is -3.90. The number of fused-ring (bicyclic) bond motifs is 1. The molecule has 2 unspecified atom stereocenters. The number of nitrogens with zero attached hydrogens (tertiary/aromatic N) is 1. The fourth-order valence-electron chi connectivity index (χ4n) is 5.94. The van der Waals surface area contributed by atoms with Gasteiger partial charge in [0.25, 0.3) is 7.37 Å². The second-order valence-electron chi connectivity index (χ2n) is 13.5. The van der Waals surface area contributed by atoms with Crippen LogP contribution in [0.15, 0.2) is 115 Å². The van der Waals surface area contributed by atoms with Crippen molar-refractivity contribution < 1.29 is 32.7 Å². The van der Waals surface area contributed by atoms with Crippen molar-refractivity contribution >= 4 is 74.3 Å². The predicted octanol–water partition coefficient (Wildman–Crippen LogP) is 8.66. The predicted molar refractivity (Wildman–Crippen MR) is 222 cm³/mol. The van der Waals surface area contributed by atoms with E-state index in [0.29, 0.717) is 51.1 Å². The number of carbonyl (C=O) groups is 1. The van der Waals surface area contributed by atoms with Gasteiger partial charge in [-0.05, 0) is 65.6 Å². The molecular weight excluding hydrogens is 738 g/mol. The van der Waals surface area contributed by atoms with Crippen LogP contribution in [-0.4, -0.2) is 40.6 Å². The van der Waals surface area contributed by atoms with E-state index >= 15 is 0 Å². The molecule has 0 aliphatic heterocycles. The van der Waals surface area contributed by atoms with Crippen LogP contribution in [0.5, 0.6) is 23.0 Å². The lowest BCUT2D eigenvalue weighted by Crippen LogP contribution is -2.21. The number of anilines is 5. The van der Waals surface area contributed by atoms with Gasteiger partial charge in [-0.1, -0.05) is 63.2 Å². The molecule has 5 N–H and O–H groups in total. The number of nitrogens with one attached hydrogen (secondary N) is 4. The summed E-state index contributed by atoms with van der Waals surface area (Å²) < 4.78 is 45.9. The summed E-state index contributed by atoms with van der Waals surface area (Å²) in [7, 11) is -2.32. The molecule has 2 amide bonds. The minimum absolute atomic E-state index is 0.186. The Labute approximate surface area is 322 Å². The second-order valence-corrected chi connectivity index (χ2v) is 16.8. The molecule has 1 aromatic heterocycles. The van der Waals surface area contributed by atoms with E-state index in [1.54, 1.807) is 79.0 Å². The van der Waals surface area contributed by atoms with Gasteiger partial charge >= 0.3 is 6.03 Å². The quantitative estimate of drug-likeness (QED) is 0.0766. The van der Waals surface area contributed by atoms with E-state index in [9.17, 15) is 18.5 Å². The highest BCUT2D eigenvalue weighted by Crippen LogP contribution is 2.43. The van der Waals surface area contributed by atoms with Crippen molar-refractivity contribution in [3.05, 3.63) is 121 Å². The van der Waals surface area contributed by atoms with Crippen molar-refractivity contribution in [2.45, 2.75) is 26.2 Å². The zero-order valence-corrected chi connectivity index (χ0v) is 32.9. The monoisotopic (exact) mass is 779 g/mol. The molecule has 0 bridgehead atoms. The largest absolute Gasteiger partial charge is 0.496 e. The van der Waals surface area contributed by atoms with Gasteiger partial charge in [-0.3, -0.25) is 4.57 Å². The molecule has 55 heavy (non-hydrogen) atoms. The number of ether oxygens (including phenoxy) is 3. The Morgan fingerprint density at radius 2 is 1.47 bits per heavy atom. The van der Waals surface area contributed by atoms with E-state index in [0.717, 1.165) is 16.3 Å². The number of rotatable bonds is 12. The number of hydrogen-bond donors (Lipinski definition) is 5. The van der Waals surface area contributed by atoms with Gasteiger partial charge in [0.2, 0.25) is 0 Å². The van der Waals surface area contributed by atoms with Gasteiger partial charge in [-0.25, -0.2) is 14.0 Å². The van der Waals surface area contributed by atoms with Gasteiger partial charge in [0, 0.05) is 46.3 Å². The van der Waals surface area contributed by atoms with Crippen molar-refractivity contribution in [1.82, 2.24) is 4.98 Å². The molecule has 6 rings (SSSR count). The molecule has 6 aromatic rings. The third kappa shape index (κ3) is 8.92. The van der Waals surface area contributed by atoms with Gasteiger partial charge in [0.05, 0.1) is 36.6 Å². The Bertz CT molecular complexity index is 2440. The average molecular weight is 780 g/mol. The van der Waals surface area contributed by atoms with Crippen LogP contribution in [0.4, 0.5) is 33.4 Å². The highest BCUT2D eigenvalue weighted by Gasteiger charge is 2.28. The first-order chi connectivity index (χ1) is 26.3. The summed E-state index contributed by atoms with van der Waals surface area (Å²) in [5, 5.41) is 11.1. The molecule has 5 aromatic carbocycles. The molecule has 0 fully saturated rings. The molecule has 1 heterocycles. The maximum atomic E-state index is 13.5. The topological polar surface area (TPSA) is 160 Å². The molecule has 0 aliphatic carbocycles. The molecule has 14 heteroatoms. The standard InChI is InChI=1S/C41H42N5O7PS/c1-41(2,3)26-22-33(39(52-5)34(23-26)46-55(6)50)45-40(47)44-32-17-18-35(31-15-11-10-14-30(31)32)53-28-20-21-42-38(25-28)43-27-16-19-37(36(24-27)51-4)54(48,49)29-12-8-7-9-13-29/h7-25,46H,1-6H3,(H,42,43)(H,48,49)(H2,44,45,47). The molecule has 284 valence electrons. The van der Waals surface area contributed by atoms with Crippen LogP contribution in [0.2, 0.25) is 0 Å². The van der Waals surface area contributed by atoms with Crippen LogP contribution in [0.25, 0.3) is 10.8 Å². The zero-order valence-electron chi connectivity index (χ0n) is 31.2. The fraction of sp³-hybridized carbons (Fsp3) is 0.171. The molecule has 0 spiro atoms. The highest BCUT2D eigenvalue weighted by molar-refractivity contribution is 7.85. The molecule has 12 nitrogen and oxygen atoms in total. The van der Waals surface area contributed by atoms with Crippen LogP contribution >= 0.6 is 7.37 Å². The Morgan fingerprint density at radius 3 is 2.16 bits per heavy atom. The maximum absolute atomic E-state index is 13.5. The number of carbonyl (C=O) groups excluding carboxylic acids is 1. The summed E-state index contributed by atoms with van der Waals surface area (Å²) >= 11 is 0. The Hall–Kier alpha value is -5.88. The zero-order chi connectivity index (χ0) is 39.3. The van der Waals surface area contributed by atoms with Crippen LogP contribution in [0.1, 0.15) is 26.3 Å². The summed E-state index contributed by atoms with van der Waals surface area (Å²) in [6.07, 6.45) is 3.13. The van der Waals surface area contributed by atoms with E-state index in [1.165, 1.54) is 20.5 Å². The third-order valence-electron chi connectivity index (χ3n) is 8.64. The van der Waals surface area contributed by atoms with Crippen molar-refractivity contribution in [3.8, 4) is 23.0 Å². The number of aromatic nitrogens is 1. The molecule has 0 saturated carbocycles. The van der Waals surface area contributed by atoms with E-state index in [-0.39, 0.29) is 16.5 Å². The number of pyridine rings is 1. The number of hydrogen-bond acceptors (Lipinski definition) is 8. The maximum Gasteiger partial charge on any atom is 0.323 e. The van der Waals surface area contributed by atoms with Crippen LogP contribution < -0.4 is 45.5 Å². The number of methoxy groups -OCH3 is 2. The Morgan fingerprint density at radius 1 is 0.782 bits per heavy atom. The Balaban J connectivity index is 1.21. The lowest BCUT2D eigenvalue weighted by atomic mass is 9.86. The number of urea groups is 1. The molecule has 0 aliphatic rings. The van der Waals surface area contributed by atoms with Crippen LogP contribution in [-0.2, 0) is 21.0 Å². The number of amides is 2. The summed E-state index contributed by atoms with van der Waals surface area (Å²) in [5.41, 5.74) is 2.70. The van der Waals surface area contributed by atoms with Crippen molar-refractivity contribution in [2.75, 3.05) is 41.1 Å². The van der Waals surface area contributed by atoms with Crippen molar-refractivity contribution in [1.29, 1.82) is 0 Å². The minimum Gasteiger partial charge on any atom is -0.496 e. The smallest absolute Gasteiger partial charge is 0.323 e. The van der Waals surface area contributed by atoms with E-state index in [2.05, 4.69) is 25.7 Å². The fourth-order valence-corrected chi connectivity index (χ4v) is 7.99. The van der Waals surface area contributed by atoms with Crippen LogP contribution in [0, 0.1) is 0 Å². The van der Waals surface area contributed by atoms with Gasteiger partial charge in [0.1, 0.15) is 34.1 Å². The van der Waals surface area contributed by atoms with Gasteiger partial charge < -0.3 is 39.8 Å².